The summed E-state index contributed by atoms with van der Waals surface area (Å²) in [5.41, 5.74) is 0.226. The zero-order valence-corrected chi connectivity index (χ0v) is 10.6. The van der Waals surface area contributed by atoms with E-state index in [9.17, 15) is 9.50 Å². The molecule has 1 N–H and O–H groups in total. The minimum absolute atomic E-state index is 0.0268. The molecule has 0 saturated heterocycles. The number of halogens is 1. The van der Waals surface area contributed by atoms with E-state index in [0.717, 1.165) is 0 Å². The summed E-state index contributed by atoms with van der Waals surface area (Å²) in [5, 5.41) is 9.68. The summed E-state index contributed by atoms with van der Waals surface area (Å²) in [6.07, 6.45) is 4.32. The topological polar surface area (TPSA) is 84.4 Å². The third-order valence-electron chi connectivity index (χ3n) is 2.59. The average molecular weight is 284 g/mol. The zero-order chi connectivity index (χ0) is 14.7. The van der Waals surface area contributed by atoms with Crippen molar-refractivity contribution in [3.05, 3.63) is 54.2 Å². The van der Waals surface area contributed by atoms with Gasteiger partial charge in [-0.15, -0.1) is 0 Å². The number of nitrogens with zero attached hydrogens (tertiary/aromatic N) is 4. The molecule has 104 valence electrons. The zero-order valence-electron chi connectivity index (χ0n) is 10.6. The maximum absolute atomic E-state index is 13.6. The number of aromatic hydroxyl groups is 1. The van der Waals surface area contributed by atoms with Crippen molar-refractivity contribution in [2.75, 3.05) is 0 Å². The van der Waals surface area contributed by atoms with Crippen LogP contribution in [0.15, 0.2) is 52.1 Å². The van der Waals surface area contributed by atoms with Crippen LogP contribution in [0.2, 0.25) is 0 Å². The second-order valence-corrected chi connectivity index (χ2v) is 4.00. The van der Waals surface area contributed by atoms with Crippen molar-refractivity contribution in [2.45, 2.75) is 0 Å². The summed E-state index contributed by atoms with van der Waals surface area (Å²) in [7, 11) is 0. The van der Waals surface area contributed by atoms with Gasteiger partial charge in [0.15, 0.2) is 5.69 Å². The molecule has 21 heavy (non-hydrogen) atoms. The molecule has 0 bridgehead atoms. The van der Waals surface area contributed by atoms with Crippen molar-refractivity contribution < 1.29 is 13.9 Å². The third-order valence-corrected chi connectivity index (χ3v) is 2.59. The largest absolute Gasteiger partial charge is 0.479 e. The SMILES string of the molecule is Oc1oc(-c2ccccc2F)nc1C=Nc1ncccn1. The molecular formula is C14H9FN4O2. The Bertz CT molecular complexity index is 787. The van der Waals surface area contributed by atoms with Gasteiger partial charge in [-0.05, 0) is 18.2 Å². The molecule has 0 spiro atoms. The van der Waals surface area contributed by atoms with Gasteiger partial charge in [-0.3, -0.25) is 0 Å². The summed E-state index contributed by atoms with van der Waals surface area (Å²) >= 11 is 0. The Hall–Kier alpha value is -3.09. The van der Waals surface area contributed by atoms with E-state index in [1.165, 1.54) is 30.7 Å². The van der Waals surface area contributed by atoms with Crippen molar-refractivity contribution in [1.82, 2.24) is 15.0 Å². The van der Waals surface area contributed by atoms with Gasteiger partial charge in [0.2, 0.25) is 11.8 Å². The fourth-order valence-corrected chi connectivity index (χ4v) is 1.63. The maximum atomic E-state index is 13.6. The Morgan fingerprint density at radius 2 is 1.90 bits per heavy atom. The Morgan fingerprint density at radius 3 is 2.67 bits per heavy atom. The normalized spacial score (nSPS) is 11.1. The first kappa shape index (κ1) is 12.9. The van der Waals surface area contributed by atoms with Gasteiger partial charge in [-0.1, -0.05) is 12.1 Å². The van der Waals surface area contributed by atoms with Crippen LogP contribution in [-0.4, -0.2) is 26.3 Å². The summed E-state index contributed by atoms with van der Waals surface area (Å²) in [6, 6.07) is 7.63. The highest BCUT2D eigenvalue weighted by atomic mass is 19.1. The van der Waals surface area contributed by atoms with Crippen molar-refractivity contribution in [1.29, 1.82) is 0 Å². The van der Waals surface area contributed by atoms with Crippen LogP contribution < -0.4 is 0 Å². The van der Waals surface area contributed by atoms with Crippen LogP contribution in [0.25, 0.3) is 11.5 Å². The van der Waals surface area contributed by atoms with Gasteiger partial charge in [-0.25, -0.2) is 24.3 Å². The molecule has 2 aromatic heterocycles. The standard InChI is InChI=1S/C14H9FN4O2/c15-10-5-2-1-4-9(10)12-19-11(13(20)21-12)8-18-14-16-6-3-7-17-14/h1-8,20H. The lowest BCUT2D eigenvalue weighted by Crippen LogP contribution is -1.86. The molecule has 3 rings (SSSR count). The van der Waals surface area contributed by atoms with Crippen LogP contribution in [0.5, 0.6) is 5.95 Å². The number of benzene rings is 1. The number of aromatic nitrogens is 3. The van der Waals surface area contributed by atoms with Crippen molar-refractivity contribution in [3.8, 4) is 17.4 Å². The van der Waals surface area contributed by atoms with Crippen molar-refractivity contribution >= 4 is 12.2 Å². The molecule has 3 aromatic rings. The van der Waals surface area contributed by atoms with Crippen molar-refractivity contribution in [3.63, 3.8) is 0 Å². The second-order valence-electron chi connectivity index (χ2n) is 4.00. The summed E-state index contributed by atoms with van der Waals surface area (Å²) < 4.78 is 18.7. The van der Waals surface area contributed by atoms with Gasteiger partial charge in [0.25, 0.3) is 0 Å². The molecular weight excluding hydrogens is 275 g/mol. The highest BCUT2D eigenvalue weighted by Gasteiger charge is 2.15. The van der Waals surface area contributed by atoms with E-state index >= 15 is 0 Å². The predicted octanol–water partition coefficient (Wildman–Crippen LogP) is 2.73. The minimum Gasteiger partial charge on any atom is -0.479 e. The molecule has 0 aliphatic rings. The van der Waals surface area contributed by atoms with Gasteiger partial charge in [0, 0.05) is 12.4 Å². The van der Waals surface area contributed by atoms with Crippen LogP contribution in [0.1, 0.15) is 5.69 Å². The molecule has 0 unspecified atom stereocenters. The average Bonchev–Trinajstić information content (AvgIpc) is 2.88. The first-order chi connectivity index (χ1) is 10.2. The molecule has 7 heteroatoms. The van der Waals surface area contributed by atoms with E-state index in [0.29, 0.717) is 0 Å². The van der Waals surface area contributed by atoms with Crippen LogP contribution >= 0.6 is 0 Å². The smallest absolute Gasteiger partial charge is 0.312 e. The Morgan fingerprint density at radius 1 is 1.14 bits per heavy atom. The molecule has 6 nitrogen and oxygen atoms in total. The molecule has 0 aliphatic carbocycles. The van der Waals surface area contributed by atoms with Gasteiger partial charge in [0.05, 0.1) is 11.8 Å². The second kappa shape index (κ2) is 5.49. The molecule has 0 saturated carbocycles. The Balaban J connectivity index is 1.92. The van der Waals surface area contributed by atoms with Crippen molar-refractivity contribution in [2.24, 2.45) is 4.99 Å². The number of rotatable bonds is 3. The highest BCUT2D eigenvalue weighted by Crippen LogP contribution is 2.27. The van der Waals surface area contributed by atoms with Crippen LogP contribution in [0.3, 0.4) is 0 Å². The molecule has 0 amide bonds. The first-order valence-electron chi connectivity index (χ1n) is 6.00. The molecule has 0 fully saturated rings. The van der Waals surface area contributed by atoms with Gasteiger partial charge >= 0.3 is 5.95 Å². The maximum Gasteiger partial charge on any atom is 0.312 e. The highest BCUT2D eigenvalue weighted by molar-refractivity contribution is 5.82. The van der Waals surface area contributed by atoms with Crippen LogP contribution in [-0.2, 0) is 0 Å². The molecule has 1 aromatic carbocycles. The van der Waals surface area contributed by atoms with E-state index in [2.05, 4.69) is 19.9 Å². The Kier molecular flexibility index (Phi) is 3.38. The molecule has 0 radical (unpaired) electrons. The quantitative estimate of drug-likeness (QED) is 0.747. The molecule has 0 atom stereocenters. The summed E-state index contributed by atoms with van der Waals surface area (Å²) in [5.74, 6) is -0.755. The van der Waals surface area contributed by atoms with E-state index in [1.807, 2.05) is 0 Å². The molecule has 0 aliphatic heterocycles. The van der Waals surface area contributed by atoms with E-state index in [4.69, 9.17) is 4.42 Å². The summed E-state index contributed by atoms with van der Waals surface area (Å²) in [4.78, 5) is 15.7. The number of hydrogen-bond donors (Lipinski definition) is 1. The van der Waals surface area contributed by atoms with E-state index in [1.54, 1.807) is 18.2 Å². The fourth-order valence-electron chi connectivity index (χ4n) is 1.63. The predicted molar refractivity (Wildman–Crippen MR) is 72.8 cm³/mol. The summed E-state index contributed by atoms with van der Waals surface area (Å²) in [6.45, 7) is 0. The van der Waals surface area contributed by atoms with Gasteiger partial charge in [-0.2, -0.15) is 0 Å². The first-order valence-corrected chi connectivity index (χ1v) is 6.00. The van der Waals surface area contributed by atoms with E-state index in [-0.39, 0.29) is 23.1 Å². The minimum atomic E-state index is -0.492. The molecule has 2 heterocycles. The fraction of sp³-hybridized carbons (Fsp3) is 0. The Labute approximate surface area is 118 Å². The van der Waals surface area contributed by atoms with E-state index < -0.39 is 11.8 Å². The monoisotopic (exact) mass is 284 g/mol. The lowest BCUT2D eigenvalue weighted by atomic mass is 10.2. The number of oxazole rings is 1. The number of aliphatic imine (C=N–C) groups is 1. The third kappa shape index (κ3) is 2.76. The lowest BCUT2D eigenvalue weighted by molar-refractivity contribution is 0.336. The van der Waals surface area contributed by atoms with Gasteiger partial charge in [0.1, 0.15) is 5.82 Å². The van der Waals surface area contributed by atoms with Crippen LogP contribution in [0.4, 0.5) is 10.3 Å². The lowest BCUT2D eigenvalue weighted by Gasteiger charge is -1.95. The van der Waals surface area contributed by atoms with Gasteiger partial charge < -0.3 is 9.52 Å². The van der Waals surface area contributed by atoms with Crippen LogP contribution in [0, 0.1) is 5.82 Å². The number of hydrogen-bond acceptors (Lipinski definition) is 6.